The van der Waals surface area contributed by atoms with E-state index in [0.717, 1.165) is 19.0 Å². The molecule has 0 radical (unpaired) electrons. The molecule has 2 rings (SSSR count). The summed E-state index contributed by atoms with van der Waals surface area (Å²) >= 11 is 0. The van der Waals surface area contributed by atoms with Gasteiger partial charge in [0.1, 0.15) is 0 Å². The van der Waals surface area contributed by atoms with Crippen LogP contribution in [0.3, 0.4) is 0 Å². The highest BCUT2D eigenvalue weighted by molar-refractivity contribution is 5.02. The van der Waals surface area contributed by atoms with Gasteiger partial charge in [-0.25, -0.2) is 0 Å². The van der Waals surface area contributed by atoms with Crippen molar-refractivity contribution in [2.24, 2.45) is 11.8 Å². The molecule has 0 saturated heterocycles. The maximum atomic E-state index is 11.2. The Kier molecular flexibility index (Phi) is 5.92. The van der Waals surface area contributed by atoms with Gasteiger partial charge in [0.15, 0.2) is 0 Å². The van der Waals surface area contributed by atoms with Gasteiger partial charge < -0.3 is 5.11 Å². The summed E-state index contributed by atoms with van der Waals surface area (Å²) in [4.78, 5) is 2.57. The predicted octanol–water partition coefficient (Wildman–Crippen LogP) is 4.22. The fraction of sp³-hybridized carbons (Fsp3) is 1.00. The normalized spacial score (nSPS) is 31.6. The van der Waals surface area contributed by atoms with Gasteiger partial charge in [0.25, 0.3) is 0 Å². The van der Waals surface area contributed by atoms with Crippen molar-refractivity contribution in [1.82, 2.24) is 4.90 Å². The summed E-state index contributed by atoms with van der Waals surface area (Å²) in [6, 6.07) is 0. The second-order valence-electron chi connectivity index (χ2n) is 7.13. The van der Waals surface area contributed by atoms with Crippen LogP contribution in [0.15, 0.2) is 0 Å². The molecule has 2 nitrogen and oxygen atoms in total. The summed E-state index contributed by atoms with van der Waals surface area (Å²) in [5, 5.41) is 11.2. The second-order valence-corrected chi connectivity index (χ2v) is 7.13. The average molecular weight is 281 g/mol. The van der Waals surface area contributed by atoms with Gasteiger partial charge in [0.05, 0.1) is 6.10 Å². The molecule has 2 heteroatoms. The van der Waals surface area contributed by atoms with E-state index in [-0.39, 0.29) is 11.6 Å². The molecule has 0 aromatic heterocycles. The number of aliphatic hydroxyl groups excluding tert-OH is 1. The summed E-state index contributed by atoms with van der Waals surface area (Å²) in [6.07, 6.45) is 11.5. The Balaban J connectivity index is 2.12. The van der Waals surface area contributed by atoms with Gasteiger partial charge in [-0.2, -0.15) is 0 Å². The fourth-order valence-corrected chi connectivity index (χ4v) is 5.07. The van der Waals surface area contributed by atoms with Crippen molar-refractivity contribution in [3.05, 3.63) is 0 Å². The number of aliphatic hydroxyl groups is 1. The lowest BCUT2D eigenvalue weighted by Gasteiger charge is -2.48. The van der Waals surface area contributed by atoms with Crippen molar-refractivity contribution < 1.29 is 5.11 Å². The first-order valence-corrected chi connectivity index (χ1v) is 9.11. The van der Waals surface area contributed by atoms with Crippen molar-refractivity contribution in [2.75, 3.05) is 13.1 Å². The number of hydrogen-bond donors (Lipinski definition) is 1. The SMILES string of the molecule is CCC1CCCC(C(O)C2(N(CC)CC)CCCC2)C1. The Hall–Kier alpha value is -0.0800. The quantitative estimate of drug-likeness (QED) is 0.788. The minimum Gasteiger partial charge on any atom is -0.391 e. The van der Waals surface area contributed by atoms with E-state index < -0.39 is 0 Å². The van der Waals surface area contributed by atoms with Gasteiger partial charge in [-0.3, -0.25) is 4.90 Å². The molecule has 0 bridgehead atoms. The van der Waals surface area contributed by atoms with Crippen molar-refractivity contribution >= 4 is 0 Å². The topological polar surface area (TPSA) is 23.5 Å². The van der Waals surface area contributed by atoms with E-state index in [1.807, 2.05) is 0 Å². The molecule has 0 aliphatic heterocycles. The zero-order chi connectivity index (χ0) is 14.6. The molecule has 0 aromatic carbocycles. The van der Waals surface area contributed by atoms with Crippen LogP contribution in [0.1, 0.15) is 78.6 Å². The highest BCUT2D eigenvalue weighted by Gasteiger charge is 2.47. The Bertz CT molecular complexity index is 281. The molecule has 0 heterocycles. The molecule has 2 saturated carbocycles. The minimum absolute atomic E-state index is 0.0979. The molecular formula is C18H35NO. The molecule has 0 spiro atoms. The lowest BCUT2D eigenvalue weighted by atomic mass is 9.71. The van der Waals surface area contributed by atoms with E-state index in [2.05, 4.69) is 25.7 Å². The van der Waals surface area contributed by atoms with Crippen molar-refractivity contribution in [1.29, 1.82) is 0 Å². The highest BCUT2D eigenvalue weighted by Crippen LogP contribution is 2.44. The van der Waals surface area contributed by atoms with E-state index >= 15 is 0 Å². The highest BCUT2D eigenvalue weighted by atomic mass is 16.3. The molecule has 20 heavy (non-hydrogen) atoms. The van der Waals surface area contributed by atoms with E-state index in [1.165, 1.54) is 57.8 Å². The first kappa shape index (κ1) is 16.3. The maximum absolute atomic E-state index is 11.2. The van der Waals surface area contributed by atoms with Gasteiger partial charge in [-0.1, -0.05) is 52.9 Å². The van der Waals surface area contributed by atoms with Gasteiger partial charge in [-0.15, -0.1) is 0 Å². The first-order valence-electron chi connectivity index (χ1n) is 9.11. The standard InChI is InChI=1S/C18H35NO/c1-4-15-10-9-11-16(14-15)17(20)18(12-7-8-13-18)19(5-2)6-3/h15-17,20H,4-14H2,1-3H3. The lowest BCUT2D eigenvalue weighted by Crippen LogP contribution is -2.57. The van der Waals surface area contributed by atoms with Crippen molar-refractivity contribution in [2.45, 2.75) is 90.2 Å². The number of nitrogens with zero attached hydrogens (tertiary/aromatic N) is 1. The van der Waals surface area contributed by atoms with E-state index in [9.17, 15) is 5.11 Å². The predicted molar refractivity (Wildman–Crippen MR) is 85.9 cm³/mol. The van der Waals surface area contributed by atoms with Crippen LogP contribution in [0.5, 0.6) is 0 Å². The van der Waals surface area contributed by atoms with Crippen molar-refractivity contribution in [3.63, 3.8) is 0 Å². The summed E-state index contributed by atoms with van der Waals surface area (Å²) in [5.41, 5.74) is 0.101. The molecule has 2 fully saturated rings. The first-order chi connectivity index (χ1) is 9.67. The molecule has 0 aromatic rings. The Labute approximate surface area is 125 Å². The number of rotatable bonds is 6. The van der Waals surface area contributed by atoms with Crippen LogP contribution < -0.4 is 0 Å². The molecule has 2 aliphatic carbocycles. The summed E-state index contributed by atoms with van der Waals surface area (Å²) in [7, 11) is 0. The second kappa shape index (κ2) is 7.26. The summed E-state index contributed by atoms with van der Waals surface area (Å²) < 4.78 is 0. The third-order valence-corrected chi connectivity index (χ3v) is 6.26. The Morgan fingerprint density at radius 3 is 2.25 bits per heavy atom. The zero-order valence-electron chi connectivity index (χ0n) is 13.9. The summed E-state index contributed by atoms with van der Waals surface area (Å²) in [6.45, 7) is 8.99. The largest absolute Gasteiger partial charge is 0.391 e. The van der Waals surface area contributed by atoms with Crippen molar-refractivity contribution in [3.8, 4) is 0 Å². The van der Waals surface area contributed by atoms with Crippen LogP contribution >= 0.6 is 0 Å². The smallest absolute Gasteiger partial charge is 0.0752 e. The maximum Gasteiger partial charge on any atom is 0.0752 e. The third kappa shape index (κ3) is 3.06. The fourth-order valence-electron chi connectivity index (χ4n) is 5.07. The number of hydrogen-bond acceptors (Lipinski definition) is 2. The van der Waals surface area contributed by atoms with Gasteiger partial charge in [0.2, 0.25) is 0 Å². The lowest BCUT2D eigenvalue weighted by molar-refractivity contribution is -0.0683. The van der Waals surface area contributed by atoms with Gasteiger partial charge >= 0.3 is 0 Å². The van der Waals surface area contributed by atoms with Crippen LogP contribution in [0.4, 0.5) is 0 Å². The van der Waals surface area contributed by atoms with E-state index in [4.69, 9.17) is 0 Å². The van der Waals surface area contributed by atoms with Crippen LogP contribution in [-0.4, -0.2) is 34.7 Å². The molecule has 2 aliphatic rings. The summed E-state index contributed by atoms with van der Waals surface area (Å²) in [5.74, 6) is 1.41. The Morgan fingerprint density at radius 1 is 1.05 bits per heavy atom. The van der Waals surface area contributed by atoms with Crippen LogP contribution in [0.25, 0.3) is 0 Å². The van der Waals surface area contributed by atoms with E-state index in [0.29, 0.717) is 5.92 Å². The molecule has 118 valence electrons. The molecular weight excluding hydrogens is 246 g/mol. The van der Waals surface area contributed by atoms with Gasteiger partial charge in [0, 0.05) is 5.54 Å². The van der Waals surface area contributed by atoms with Gasteiger partial charge in [-0.05, 0) is 50.6 Å². The van der Waals surface area contributed by atoms with Crippen LogP contribution in [0, 0.1) is 11.8 Å². The van der Waals surface area contributed by atoms with Crippen LogP contribution in [-0.2, 0) is 0 Å². The minimum atomic E-state index is -0.0979. The molecule has 3 unspecified atom stereocenters. The van der Waals surface area contributed by atoms with E-state index in [1.54, 1.807) is 0 Å². The Morgan fingerprint density at radius 2 is 1.70 bits per heavy atom. The molecule has 1 N–H and O–H groups in total. The van der Waals surface area contributed by atoms with Crippen LogP contribution in [0.2, 0.25) is 0 Å². The molecule has 3 atom stereocenters. The average Bonchev–Trinajstić information content (AvgIpc) is 2.98. The monoisotopic (exact) mass is 281 g/mol. The zero-order valence-corrected chi connectivity index (χ0v) is 13.9. The molecule has 0 amide bonds. The number of likely N-dealkylation sites (N-methyl/N-ethyl adjacent to an activating group) is 1. The third-order valence-electron chi connectivity index (χ3n) is 6.26.